The second-order valence-electron chi connectivity index (χ2n) is 6.06. The van der Waals surface area contributed by atoms with E-state index >= 15 is 0 Å². The first-order valence-corrected chi connectivity index (χ1v) is 10.9. The molecule has 3 rings (SSSR count). The maximum Gasteiger partial charge on any atom is 0.283 e. The van der Waals surface area contributed by atoms with Crippen LogP contribution in [0.25, 0.3) is 0 Å². The SMILES string of the molecule is O=S(=O)(O)C(c1cccc(Cl)c1)(c1ccc(Cl)c(O)c1Cl)c1c(O)cccc1Cl. The van der Waals surface area contributed by atoms with E-state index in [9.17, 15) is 23.2 Å². The fraction of sp³-hybridized carbons (Fsp3) is 0.0526. The van der Waals surface area contributed by atoms with Gasteiger partial charge in [0.15, 0.2) is 10.5 Å². The maximum atomic E-state index is 13.0. The van der Waals surface area contributed by atoms with Crippen LogP contribution in [0.3, 0.4) is 0 Å². The monoisotopic (exact) mass is 492 g/mol. The van der Waals surface area contributed by atoms with Crippen molar-refractivity contribution in [1.29, 1.82) is 0 Å². The summed E-state index contributed by atoms with van der Waals surface area (Å²) in [5.41, 5.74) is -0.719. The fourth-order valence-corrected chi connectivity index (χ4v) is 5.70. The number of hydrogen-bond acceptors (Lipinski definition) is 4. The predicted molar refractivity (Wildman–Crippen MR) is 114 cm³/mol. The largest absolute Gasteiger partial charge is 0.508 e. The van der Waals surface area contributed by atoms with E-state index in [2.05, 4.69) is 0 Å². The topological polar surface area (TPSA) is 94.8 Å². The summed E-state index contributed by atoms with van der Waals surface area (Å²) in [6, 6.07) is 11.9. The third-order valence-electron chi connectivity index (χ3n) is 4.41. The lowest BCUT2D eigenvalue weighted by Gasteiger charge is -2.34. The van der Waals surface area contributed by atoms with Crippen molar-refractivity contribution in [3.8, 4) is 11.5 Å². The van der Waals surface area contributed by atoms with Crippen molar-refractivity contribution in [3.63, 3.8) is 0 Å². The van der Waals surface area contributed by atoms with E-state index in [1.54, 1.807) is 0 Å². The molecule has 0 aliphatic carbocycles. The Bertz CT molecular complexity index is 1190. The van der Waals surface area contributed by atoms with Gasteiger partial charge in [0.1, 0.15) is 5.75 Å². The summed E-state index contributed by atoms with van der Waals surface area (Å²) < 4.78 is 33.9. The molecule has 5 nitrogen and oxygen atoms in total. The van der Waals surface area contributed by atoms with Crippen molar-refractivity contribution < 1.29 is 23.2 Å². The smallest absolute Gasteiger partial charge is 0.283 e. The Labute approximate surface area is 186 Å². The summed E-state index contributed by atoms with van der Waals surface area (Å²) in [5.74, 6) is -1.13. The minimum Gasteiger partial charge on any atom is -0.508 e. The Hall–Kier alpha value is -1.67. The Morgan fingerprint density at radius 3 is 2.07 bits per heavy atom. The van der Waals surface area contributed by atoms with Crippen LogP contribution >= 0.6 is 46.4 Å². The Morgan fingerprint density at radius 2 is 1.48 bits per heavy atom. The summed E-state index contributed by atoms with van der Waals surface area (Å²) >= 11 is 24.5. The first kappa shape index (κ1) is 22.0. The van der Waals surface area contributed by atoms with Crippen LogP contribution in [0.2, 0.25) is 20.1 Å². The molecular formula is C19H12Cl4O5S. The molecule has 3 N–H and O–H groups in total. The third-order valence-corrected chi connectivity index (χ3v) is 7.08. The molecule has 10 heteroatoms. The number of rotatable bonds is 4. The van der Waals surface area contributed by atoms with Gasteiger partial charge in [-0.3, -0.25) is 4.55 Å². The number of phenolic OH excluding ortho intramolecular Hbond substituents is 2. The zero-order valence-corrected chi connectivity index (χ0v) is 18.1. The zero-order chi connectivity index (χ0) is 21.6. The van der Waals surface area contributed by atoms with Crippen molar-refractivity contribution in [1.82, 2.24) is 0 Å². The minimum atomic E-state index is -5.14. The molecule has 0 saturated carbocycles. The van der Waals surface area contributed by atoms with Crippen molar-refractivity contribution in [2.24, 2.45) is 0 Å². The van der Waals surface area contributed by atoms with Crippen LogP contribution in [0.5, 0.6) is 11.5 Å². The summed E-state index contributed by atoms with van der Waals surface area (Å²) in [6.07, 6.45) is 0. The van der Waals surface area contributed by atoms with Crippen molar-refractivity contribution >= 4 is 56.5 Å². The lowest BCUT2D eigenvalue weighted by Crippen LogP contribution is -2.39. The first-order valence-electron chi connectivity index (χ1n) is 7.90. The molecule has 0 aliphatic rings. The Morgan fingerprint density at radius 1 is 0.828 bits per heavy atom. The van der Waals surface area contributed by atoms with Gasteiger partial charge in [0.2, 0.25) is 0 Å². The standard InChI is InChI=1S/C19H12Cl4O5S/c20-11-4-1-3-10(9-11)19(29(26,27)28,16-13(21)5-2-6-15(16)24)12-7-8-14(22)18(25)17(12)23/h1-9,24-25H,(H,26,27,28). The molecule has 0 spiro atoms. The summed E-state index contributed by atoms with van der Waals surface area (Å²) in [6.45, 7) is 0. The highest BCUT2D eigenvalue weighted by atomic mass is 35.5. The molecule has 3 aromatic rings. The average molecular weight is 494 g/mol. The molecule has 0 aliphatic heterocycles. The van der Waals surface area contributed by atoms with E-state index < -0.39 is 31.4 Å². The van der Waals surface area contributed by atoms with Crippen molar-refractivity contribution in [2.45, 2.75) is 4.75 Å². The second-order valence-corrected chi connectivity index (χ2v) is 9.25. The number of phenols is 2. The number of aromatic hydroxyl groups is 2. The molecule has 0 saturated heterocycles. The van der Waals surface area contributed by atoms with E-state index in [0.717, 1.165) is 0 Å². The van der Waals surface area contributed by atoms with E-state index in [1.807, 2.05) is 0 Å². The van der Waals surface area contributed by atoms with Crippen LogP contribution in [0.15, 0.2) is 54.6 Å². The lowest BCUT2D eigenvalue weighted by molar-refractivity contribution is 0.439. The predicted octanol–water partition coefficient (Wildman–Crippen LogP) is 5.89. The van der Waals surface area contributed by atoms with E-state index in [-0.39, 0.29) is 31.8 Å². The van der Waals surface area contributed by atoms with E-state index in [1.165, 1.54) is 54.6 Å². The van der Waals surface area contributed by atoms with Crippen LogP contribution < -0.4 is 0 Å². The minimum absolute atomic E-state index is 0.0699. The number of halogens is 4. The summed E-state index contributed by atoms with van der Waals surface area (Å²) in [4.78, 5) is 0. The summed E-state index contributed by atoms with van der Waals surface area (Å²) in [5, 5.41) is 20.2. The molecule has 0 bridgehead atoms. The Balaban J connectivity index is 2.66. The third kappa shape index (κ3) is 3.54. The molecule has 1 unspecified atom stereocenters. The lowest BCUT2D eigenvalue weighted by atomic mass is 9.83. The van der Waals surface area contributed by atoms with E-state index in [4.69, 9.17) is 46.4 Å². The zero-order valence-electron chi connectivity index (χ0n) is 14.3. The van der Waals surface area contributed by atoms with Gasteiger partial charge < -0.3 is 10.2 Å². The fourth-order valence-electron chi connectivity index (χ4n) is 3.23. The van der Waals surface area contributed by atoms with Crippen LogP contribution in [0.4, 0.5) is 0 Å². The van der Waals surface area contributed by atoms with Crippen LogP contribution in [0, 0.1) is 0 Å². The normalized spacial score (nSPS) is 13.8. The molecule has 0 aromatic heterocycles. The maximum absolute atomic E-state index is 13.0. The van der Waals surface area contributed by atoms with E-state index in [0.29, 0.717) is 0 Å². The molecule has 0 amide bonds. The molecule has 0 radical (unpaired) electrons. The van der Waals surface area contributed by atoms with Gasteiger partial charge >= 0.3 is 0 Å². The number of hydrogen-bond donors (Lipinski definition) is 3. The van der Waals surface area contributed by atoms with Gasteiger partial charge in [0.25, 0.3) is 10.1 Å². The first-order chi connectivity index (χ1) is 13.5. The van der Waals surface area contributed by atoms with Crippen LogP contribution in [0.1, 0.15) is 16.7 Å². The van der Waals surface area contributed by atoms with Gasteiger partial charge in [-0.25, -0.2) is 0 Å². The average Bonchev–Trinajstić information content (AvgIpc) is 2.63. The van der Waals surface area contributed by atoms with Crippen molar-refractivity contribution in [3.05, 3.63) is 91.4 Å². The van der Waals surface area contributed by atoms with Gasteiger partial charge in [0, 0.05) is 21.2 Å². The molecule has 1 atom stereocenters. The number of benzene rings is 3. The van der Waals surface area contributed by atoms with Gasteiger partial charge in [-0.05, 0) is 35.9 Å². The summed E-state index contributed by atoms with van der Waals surface area (Å²) in [7, 11) is -5.14. The highest BCUT2D eigenvalue weighted by Gasteiger charge is 2.53. The highest BCUT2D eigenvalue weighted by Crippen LogP contribution is 2.53. The molecular weight excluding hydrogens is 482 g/mol. The molecule has 0 heterocycles. The molecule has 152 valence electrons. The van der Waals surface area contributed by atoms with Crippen LogP contribution in [-0.4, -0.2) is 23.2 Å². The Kier molecular flexibility index (Phi) is 5.98. The molecule has 0 fully saturated rings. The van der Waals surface area contributed by atoms with Gasteiger partial charge in [0.05, 0.1) is 10.0 Å². The molecule has 3 aromatic carbocycles. The van der Waals surface area contributed by atoms with Crippen molar-refractivity contribution in [2.75, 3.05) is 0 Å². The quantitative estimate of drug-likeness (QED) is 0.311. The van der Waals surface area contributed by atoms with Gasteiger partial charge in [-0.15, -0.1) is 0 Å². The molecule has 29 heavy (non-hydrogen) atoms. The second kappa shape index (κ2) is 7.87. The van der Waals surface area contributed by atoms with Gasteiger partial charge in [-0.1, -0.05) is 70.7 Å². The highest BCUT2D eigenvalue weighted by molar-refractivity contribution is 7.87. The van der Waals surface area contributed by atoms with Crippen LogP contribution in [-0.2, 0) is 14.9 Å². The van der Waals surface area contributed by atoms with Gasteiger partial charge in [-0.2, -0.15) is 8.42 Å².